The van der Waals surface area contributed by atoms with Crippen LogP contribution in [0.3, 0.4) is 0 Å². The Morgan fingerprint density at radius 1 is 1.25 bits per heavy atom. The van der Waals surface area contributed by atoms with Crippen LogP contribution in [0.25, 0.3) is 17.1 Å². The van der Waals surface area contributed by atoms with Gasteiger partial charge >= 0.3 is 0 Å². The van der Waals surface area contributed by atoms with Gasteiger partial charge < -0.3 is 4.57 Å². The van der Waals surface area contributed by atoms with Gasteiger partial charge in [-0.1, -0.05) is 18.2 Å². The molecule has 4 heteroatoms. The van der Waals surface area contributed by atoms with E-state index >= 15 is 0 Å². The van der Waals surface area contributed by atoms with Crippen molar-refractivity contribution in [1.29, 1.82) is 5.26 Å². The zero-order valence-electron chi connectivity index (χ0n) is 15.1. The zero-order chi connectivity index (χ0) is 17.4. The second-order valence-electron chi connectivity index (χ2n) is 3.69. The molecule has 0 bridgehead atoms. The molecule has 1 heterocycles. The predicted octanol–water partition coefficient (Wildman–Crippen LogP) is 3.21. The Bertz CT molecular complexity index is 980. The fourth-order valence-corrected chi connectivity index (χ4v) is 1.64. The zero-order valence-corrected chi connectivity index (χ0v) is 12.5. The summed E-state index contributed by atoms with van der Waals surface area (Å²) in [5.41, 5.74) is 0.345. The van der Waals surface area contributed by atoms with Gasteiger partial charge in [0.05, 0.1) is 8.57 Å². The summed E-state index contributed by atoms with van der Waals surface area (Å²) in [5.74, 6) is 0.0766. The van der Waals surface area contributed by atoms with E-state index in [0.29, 0.717) is 5.69 Å². The van der Waals surface area contributed by atoms with Crippen LogP contribution < -0.4 is 0 Å². The molecule has 3 rings (SSSR count). The summed E-state index contributed by atoms with van der Waals surface area (Å²) in [6.45, 7) is 0. The third-order valence-electron chi connectivity index (χ3n) is 2.51. The van der Waals surface area contributed by atoms with Gasteiger partial charge in [-0.3, -0.25) is 4.98 Å². The van der Waals surface area contributed by atoms with Crippen LogP contribution in [0.15, 0.2) is 60.8 Å². The number of rotatable bonds is 2. The Morgan fingerprint density at radius 2 is 2.05 bits per heavy atom. The first-order chi connectivity index (χ1) is 11.5. The van der Waals surface area contributed by atoms with E-state index in [4.69, 9.17) is 12.1 Å². The number of imidazole rings is 1. The summed E-state index contributed by atoms with van der Waals surface area (Å²) < 4.78 is 41.0. The molecule has 20 heavy (non-hydrogen) atoms. The van der Waals surface area contributed by atoms with Gasteiger partial charge in [-0.25, -0.2) is 5.26 Å². The van der Waals surface area contributed by atoms with E-state index in [1.165, 1.54) is 4.57 Å². The summed E-state index contributed by atoms with van der Waals surface area (Å²) in [5, 5.41) is 8.99. The largest absolute Gasteiger partial charge is 0.340 e. The summed E-state index contributed by atoms with van der Waals surface area (Å²) in [7, 11) is 0. The van der Waals surface area contributed by atoms with Gasteiger partial charge in [-0.05, 0) is 19.1 Å². The predicted molar refractivity (Wildman–Crippen MR) is 72.6 cm³/mol. The van der Waals surface area contributed by atoms with Crippen molar-refractivity contribution in [3.05, 3.63) is 72.4 Å². The van der Waals surface area contributed by atoms with Crippen LogP contribution in [0.4, 0.5) is 0 Å². The van der Waals surface area contributed by atoms with Crippen molar-refractivity contribution >= 4 is 0 Å². The van der Waals surface area contributed by atoms with E-state index in [1.54, 1.807) is 36.4 Å². The van der Waals surface area contributed by atoms with Gasteiger partial charge in [-0.15, -0.1) is 29.8 Å². The molecular weight excluding hydrogens is 426 g/mol. The number of hydrogen-bond acceptors (Lipinski definition) is 2. The van der Waals surface area contributed by atoms with Crippen molar-refractivity contribution in [3.63, 3.8) is 0 Å². The second-order valence-corrected chi connectivity index (χ2v) is 3.69. The summed E-state index contributed by atoms with van der Waals surface area (Å²) in [4.78, 5) is 4.00. The fourth-order valence-electron chi connectivity index (χ4n) is 1.64. The first-order valence-corrected chi connectivity index (χ1v) is 5.50. The quantitative estimate of drug-likeness (QED) is 0.573. The molecule has 0 saturated carbocycles. The van der Waals surface area contributed by atoms with Gasteiger partial charge in [0.15, 0.2) is 0 Å². The Hall–Kier alpha value is -2.21. The molecule has 0 aliphatic heterocycles. The summed E-state index contributed by atoms with van der Waals surface area (Å²) >= 11 is 0. The molecule has 0 saturated heterocycles. The van der Waals surface area contributed by atoms with E-state index in [0.717, 1.165) is 0 Å². The number of benzene rings is 2. The smallest absolute Gasteiger partial charge is 0.0846 e. The minimum atomic E-state index is -0.392. The van der Waals surface area contributed by atoms with Crippen LogP contribution in [0.1, 0.15) is 12.4 Å². The minimum Gasteiger partial charge on any atom is -0.340 e. The average molecular weight is 442 g/mol. The van der Waals surface area contributed by atoms with Gasteiger partial charge in [0.2, 0.25) is 0 Å². The normalized spacial score (nSPS) is 13.1. The third kappa shape index (κ3) is 2.70. The standard InChI is InChI=1S/C16H10N3.Ir/c17-12-13-6-8-14(9-7-13)16-18-10-11-19(16)15-4-2-1-3-5-15;/h1-8,10-11H;/q-1;/i6D,7D,8D,10D,11D;. The molecule has 0 atom stereocenters. The number of aromatic nitrogens is 2. The van der Waals surface area contributed by atoms with E-state index in [1.807, 2.05) is 0 Å². The van der Waals surface area contributed by atoms with Gasteiger partial charge in [0, 0.05) is 46.9 Å². The first-order valence-electron chi connectivity index (χ1n) is 8.00. The van der Waals surface area contributed by atoms with Gasteiger partial charge in [-0.2, -0.15) is 0 Å². The molecule has 3 nitrogen and oxygen atoms in total. The summed E-state index contributed by atoms with van der Waals surface area (Å²) in [6, 6.07) is 12.1. The summed E-state index contributed by atoms with van der Waals surface area (Å²) in [6.07, 6.45) is -0.463. The van der Waals surface area contributed by atoms with Crippen molar-refractivity contribution < 1.29 is 27.0 Å². The van der Waals surface area contributed by atoms with Crippen LogP contribution in [0.2, 0.25) is 0 Å². The van der Waals surface area contributed by atoms with Crippen molar-refractivity contribution in [2.45, 2.75) is 0 Å². The SMILES string of the molecule is [2H]c1[c-]c(-c2nc([2H])c([2H])n2-c2ccccc2)c([2H])c([2H])c1C#N.[Ir]. The molecule has 99 valence electrons. The van der Waals surface area contributed by atoms with Crippen LogP contribution in [-0.4, -0.2) is 9.55 Å². The van der Waals surface area contributed by atoms with Gasteiger partial charge in [0.25, 0.3) is 0 Å². The fraction of sp³-hybridized carbons (Fsp3) is 0. The Labute approximate surface area is 137 Å². The molecule has 2 aromatic carbocycles. The third-order valence-corrected chi connectivity index (χ3v) is 2.51. The second kappa shape index (κ2) is 6.29. The molecule has 0 unspecified atom stereocenters. The van der Waals surface area contributed by atoms with E-state index in [9.17, 15) is 0 Å². The molecular formula is C16H10IrN3-. The van der Waals surface area contributed by atoms with Crippen LogP contribution in [0.5, 0.6) is 0 Å². The average Bonchev–Trinajstić information content (AvgIpc) is 2.87. The van der Waals surface area contributed by atoms with Crippen molar-refractivity contribution in [2.24, 2.45) is 0 Å². The van der Waals surface area contributed by atoms with Crippen molar-refractivity contribution in [3.8, 4) is 23.1 Å². The molecule has 0 amide bonds. The number of hydrogen-bond donors (Lipinski definition) is 0. The topological polar surface area (TPSA) is 41.6 Å². The van der Waals surface area contributed by atoms with Crippen LogP contribution >= 0.6 is 0 Å². The van der Waals surface area contributed by atoms with Crippen molar-refractivity contribution in [2.75, 3.05) is 0 Å². The van der Waals surface area contributed by atoms with Crippen LogP contribution in [0, 0.1) is 17.4 Å². The molecule has 0 aliphatic carbocycles. The minimum absolute atomic E-state index is 0. The number of para-hydroxylation sites is 1. The molecule has 0 spiro atoms. The molecule has 1 radical (unpaired) electrons. The van der Waals surface area contributed by atoms with E-state index < -0.39 is 6.04 Å². The van der Waals surface area contributed by atoms with E-state index in [2.05, 4.69) is 11.1 Å². The molecule has 0 aliphatic rings. The van der Waals surface area contributed by atoms with Crippen molar-refractivity contribution in [1.82, 2.24) is 9.55 Å². The van der Waals surface area contributed by atoms with E-state index in [-0.39, 0.29) is 61.5 Å². The maximum atomic E-state index is 8.99. The Balaban J connectivity index is 0.00000225. The molecule has 0 N–H and O–H groups in total. The van der Waals surface area contributed by atoms with Crippen LogP contribution in [-0.2, 0) is 20.1 Å². The molecule has 1 aromatic heterocycles. The number of nitrogens with zero attached hydrogens (tertiary/aromatic N) is 3. The van der Waals surface area contributed by atoms with Gasteiger partial charge in [0.1, 0.15) is 0 Å². The Kier molecular flexibility index (Phi) is 2.79. The maximum Gasteiger partial charge on any atom is 0.0846 e. The molecule has 3 aromatic rings. The maximum absolute atomic E-state index is 8.99. The molecule has 0 fully saturated rings. The Morgan fingerprint density at radius 3 is 2.80 bits per heavy atom. The monoisotopic (exact) mass is 442 g/mol. The number of nitriles is 1. The first kappa shape index (κ1) is 8.86.